The molecular formula is C21H30N2O2S. The molecule has 0 fully saturated rings. The molecule has 0 aliphatic heterocycles. The second-order valence-electron chi connectivity index (χ2n) is 8.72. The van der Waals surface area contributed by atoms with Crippen molar-refractivity contribution in [2.75, 3.05) is 6.26 Å². The lowest BCUT2D eigenvalue weighted by Crippen LogP contribution is -2.35. The molecule has 0 aliphatic carbocycles. The number of benzene rings is 1. The Balaban J connectivity index is 2.54. The normalized spacial score (nSPS) is 13.7. The molecule has 1 aromatic carbocycles. The first-order chi connectivity index (χ1) is 11.9. The molecule has 0 saturated heterocycles. The molecular weight excluding hydrogens is 344 g/mol. The Morgan fingerprint density at radius 3 is 2.23 bits per heavy atom. The summed E-state index contributed by atoms with van der Waals surface area (Å²) in [6, 6.07) is 7.71. The number of aromatic nitrogens is 1. The minimum atomic E-state index is -1.12. The molecule has 1 unspecified atom stereocenters. The van der Waals surface area contributed by atoms with Crippen LogP contribution >= 0.6 is 0 Å². The maximum Gasteiger partial charge on any atom is 0.127 e. The summed E-state index contributed by atoms with van der Waals surface area (Å²) in [5, 5.41) is 14.9. The van der Waals surface area contributed by atoms with Crippen LogP contribution in [0, 0.1) is 0 Å². The summed E-state index contributed by atoms with van der Waals surface area (Å²) in [6.07, 6.45) is 3.29. The maximum atomic E-state index is 11.6. The lowest BCUT2D eigenvalue weighted by Gasteiger charge is -2.25. The largest absolute Gasteiger partial charge is 0.507 e. The number of phenols is 1. The third-order valence-corrected chi connectivity index (χ3v) is 5.04. The predicted molar refractivity (Wildman–Crippen MR) is 109 cm³/mol. The van der Waals surface area contributed by atoms with Crippen LogP contribution in [0.5, 0.6) is 5.75 Å². The van der Waals surface area contributed by atoms with E-state index in [4.69, 9.17) is 0 Å². The van der Waals surface area contributed by atoms with Crippen LogP contribution in [0.15, 0.2) is 35.5 Å². The van der Waals surface area contributed by atoms with Crippen LogP contribution in [0.4, 0.5) is 0 Å². The number of aromatic hydroxyl groups is 1. The van der Waals surface area contributed by atoms with Gasteiger partial charge in [-0.1, -0.05) is 26.8 Å². The molecule has 4 nitrogen and oxygen atoms in total. The van der Waals surface area contributed by atoms with E-state index in [1.807, 2.05) is 12.1 Å². The molecule has 5 heteroatoms. The zero-order valence-corrected chi connectivity index (χ0v) is 17.6. The van der Waals surface area contributed by atoms with Gasteiger partial charge < -0.3 is 10.4 Å². The third-order valence-electron chi connectivity index (χ3n) is 4.21. The van der Waals surface area contributed by atoms with E-state index in [0.717, 1.165) is 22.3 Å². The predicted octanol–water partition coefficient (Wildman–Crippen LogP) is 4.38. The topological polar surface area (TPSA) is 62.2 Å². The summed E-state index contributed by atoms with van der Waals surface area (Å²) in [5.74, 6) is 0.266. The SMILES string of the molecule is CS(=O)c1ccc(-c2cc(C(C)(C)C)cc(CNC(C)(C)C)c2O)cn1. The average molecular weight is 375 g/mol. The molecule has 0 aliphatic rings. The first-order valence-corrected chi connectivity index (χ1v) is 10.4. The van der Waals surface area contributed by atoms with Crippen molar-refractivity contribution in [2.24, 2.45) is 0 Å². The van der Waals surface area contributed by atoms with Crippen LogP contribution in [0.25, 0.3) is 11.1 Å². The van der Waals surface area contributed by atoms with E-state index < -0.39 is 10.8 Å². The lowest BCUT2D eigenvalue weighted by atomic mass is 9.83. The number of phenolic OH excluding ortho intramolecular Hbond substituents is 1. The van der Waals surface area contributed by atoms with Crippen LogP contribution < -0.4 is 5.32 Å². The standard InChI is InChI=1S/C21H30N2O2S/c1-20(2,3)16-10-15(13-23-21(4,5)6)19(24)17(11-16)14-8-9-18(22-12-14)26(7)25/h8-12,23-24H,13H2,1-7H3. The molecule has 0 bridgehead atoms. The maximum absolute atomic E-state index is 11.6. The molecule has 1 aromatic heterocycles. The number of hydrogen-bond acceptors (Lipinski definition) is 4. The molecule has 1 atom stereocenters. The first-order valence-electron chi connectivity index (χ1n) is 8.80. The molecule has 0 amide bonds. The van der Waals surface area contributed by atoms with Crippen molar-refractivity contribution in [3.8, 4) is 16.9 Å². The van der Waals surface area contributed by atoms with Gasteiger partial charge in [-0.2, -0.15) is 0 Å². The van der Waals surface area contributed by atoms with Gasteiger partial charge in [0.05, 0.1) is 10.8 Å². The highest BCUT2D eigenvalue weighted by Crippen LogP contribution is 2.37. The number of pyridine rings is 1. The van der Waals surface area contributed by atoms with Gasteiger partial charge in [-0.3, -0.25) is 4.21 Å². The van der Waals surface area contributed by atoms with Crippen LogP contribution in [0.2, 0.25) is 0 Å². The van der Waals surface area contributed by atoms with Gasteiger partial charge in [0.2, 0.25) is 0 Å². The average Bonchev–Trinajstić information content (AvgIpc) is 2.52. The monoisotopic (exact) mass is 374 g/mol. The molecule has 2 N–H and O–H groups in total. The molecule has 1 heterocycles. The summed E-state index contributed by atoms with van der Waals surface area (Å²) in [7, 11) is -1.12. The Morgan fingerprint density at radius 1 is 1.12 bits per heavy atom. The summed E-state index contributed by atoms with van der Waals surface area (Å²) < 4.78 is 11.6. The van der Waals surface area contributed by atoms with E-state index in [1.165, 1.54) is 0 Å². The fraction of sp³-hybridized carbons (Fsp3) is 0.476. The molecule has 0 radical (unpaired) electrons. The van der Waals surface area contributed by atoms with Crippen LogP contribution in [-0.2, 0) is 22.8 Å². The van der Waals surface area contributed by atoms with Crippen molar-refractivity contribution in [3.63, 3.8) is 0 Å². The van der Waals surface area contributed by atoms with E-state index in [2.05, 4.69) is 57.9 Å². The number of rotatable bonds is 4. The Bertz CT molecular complexity index is 800. The highest BCUT2D eigenvalue weighted by Gasteiger charge is 2.20. The van der Waals surface area contributed by atoms with Crippen molar-refractivity contribution in [1.29, 1.82) is 0 Å². The van der Waals surface area contributed by atoms with Gasteiger partial charge in [-0.05, 0) is 49.9 Å². The van der Waals surface area contributed by atoms with Crippen LogP contribution in [0.1, 0.15) is 52.7 Å². The summed E-state index contributed by atoms with van der Waals surface area (Å²) in [4.78, 5) is 4.28. The fourth-order valence-electron chi connectivity index (χ4n) is 2.55. The van der Waals surface area contributed by atoms with E-state index in [9.17, 15) is 9.32 Å². The first kappa shape index (κ1) is 20.6. The number of nitrogens with zero attached hydrogens (tertiary/aromatic N) is 1. The Labute approximate surface area is 159 Å². The Hall–Kier alpha value is -1.72. The highest BCUT2D eigenvalue weighted by molar-refractivity contribution is 7.84. The number of hydrogen-bond donors (Lipinski definition) is 2. The molecule has 142 valence electrons. The van der Waals surface area contributed by atoms with E-state index in [1.54, 1.807) is 18.5 Å². The molecule has 2 aromatic rings. The van der Waals surface area contributed by atoms with Crippen molar-refractivity contribution in [3.05, 3.63) is 41.6 Å². The smallest absolute Gasteiger partial charge is 0.127 e. The van der Waals surface area contributed by atoms with Crippen molar-refractivity contribution < 1.29 is 9.32 Å². The van der Waals surface area contributed by atoms with Gasteiger partial charge in [0.1, 0.15) is 10.8 Å². The van der Waals surface area contributed by atoms with Crippen LogP contribution in [-0.4, -0.2) is 26.1 Å². The van der Waals surface area contributed by atoms with E-state index in [-0.39, 0.29) is 16.7 Å². The van der Waals surface area contributed by atoms with E-state index >= 15 is 0 Å². The van der Waals surface area contributed by atoms with E-state index in [0.29, 0.717) is 11.6 Å². The highest BCUT2D eigenvalue weighted by atomic mass is 32.2. The third kappa shape index (κ3) is 5.15. The summed E-state index contributed by atoms with van der Waals surface area (Å²) in [6.45, 7) is 13.4. The molecule has 0 spiro atoms. The van der Waals surface area contributed by atoms with Crippen molar-refractivity contribution in [2.45, 2.75) is 64.1 Å². The summed E-state index contributed by atoms with van der Waals surface area (Å²) >= 11 is 0. The Kier molecular flexibility index (Phi) is 5.93. The van der Waals surface area contributed by atoms with Gasteiger partial charge in [0, 0.05) is 41.2 Å². The Morgan fingerprint density at radius 2 is 1.77 bits per heavy atom. The van der Waals surface area contributed by atoms with Crippen molar-refractivity contribution >= 4 is 10.8 Å². The lowest BCUT2D eigenvalue weighted by molar-refractivity contribution is 0.411. The minimum Gasteiger partial charge on any atom is -0.507 e. The molecule has 0 saturated carbocycles. The van der Waals surface area contributed by atoms with Gasteiger partial charge in [0.25, 0.3) is 0 Å². The van der Waals surface area contributed by atoms with Gasteiger partial charge >= 0.3 is 0 Å². The quantitative estimate of drug-likeness (QED) is 0.834. The zero-order chi connectivity index (χ0) is 19.7. The molecule has 26 heavy (non-hydrogen) atoms. The van der Waals surface area contributed by atoms with Gasteiger partial charge in [-0.15, -0.1) is 0 Å². The fourth-order valence-corrected chi connectivity index (χ4v) is 3.01. The van der Waals surface area contributed by atoms with Crippen LogP contribution in [0.3, 0.4) is 0 Å². The van der Waals surface area contributed by atoms with Gasteiger partial charge in [0.15, 0.2) is 0 Å². The van der Waals surface area contributed by atoms with Gasteiger partial charge in [-0.25, -0.2) is 4.98 Å². The van der Waals surface area contributed by atoms with Crippen molar-refractivity contribution in [1.82, 2.24) is 10.3 Å². The minimum absolute atomic E-state index is 0.0429. The zero-order valence-electron chi connectivity index (χ0n) is 16.8. The molecule has 2 rings (SSSR count). The second kappa shape index (κ2) is 7.49. The summed E-state index contributed by atoms with van der Waals surface area (Å²) in [5.41, 5.74) is 3.50. The number of nitrogens with one attached hydrogen (secondary N) is 1. The second-order valence-corrected chi connectivity index (χ2v) is 10.1.